The van der Waals surface area contributed by atoms with E-state index in [1.807, 2.05) is 6.07 Å². The second-order valence-electron chi connectivity index (χ2n) is 18.4. The monoisotopic (exact) mass is 892 g/mol. The molecule has 1 aliphatic rings. The minimum absolute atomic E-state index is 0.512. The smallest absolute Gasteiger partial charge is 0.145 e. The average molecular weight is 893 g/mol. The highest BCUT2D eigenvalue weighted by Crippen LogP contribution is 2.57. The quantitative estimate of drug-likeness (QED) is 0.152. The molecule has 0 unspecified atom stereocenters. The summed E-state index contributed by atoms with van der Waals surface area (Å²) in [5, 5.41) is 4.60. The first-order valence-corrected chi connectivity index (χ1v) is 24.1. The lowest BCUT2D eigenvalue weighted by Crippen LogP contribution is -2.28. The fraction of sp³-hybridized carbons (Fsp3) is 0.0149. The van der Waals surface area contributed by atoms with Crippen molar-refractivity contribution in [2.24, 2.45) is 0 Å². The van der Waals surface area contributed by atoms with Crippen LogP contribution >= 0.6 is 0 Å². The van der Waals surface area contributed by atoms with Crippen molar-refractivity contribution in [3.8, 4) is 39.1 Å². The highest BCUT2D eigenvalue weighted by Gasteiger charge is 2.46. The van der Waals surface area contributed by atoms with Crippen LogP contribution in [0.4, 0.5) is 17.1 Å². The molecule has 0 bridgehead atoms. The molecular formula is C67H44N2O. The van der Waals surface area contributed by atoms with Crippen molar-refractivity contribution in [1.29, 1.82) is 0 Å². The molecule has 14 rings (SSSR count). The molecule has 13 aromatic rings. The zero-order chi connectivity index (χ0) is 46.2. The fourth-order valence-corrected chi connectivity index (χ4v) is 11.6. The van der Waals surface area contributed by atoms with Crippen LogP contribution < -0.4 is 4.90 Å². The first-order valence-electron chi connectivity index (χ1n) is 24.1. The minimum Gasteiger partial charge on any atom is -0.455 e. The number of anilines is 3. The van der Waals surface area contributed by atoms with E-state index in [4.69, 9.17) is 4.42 Å². The number of rotatable bonds is 8. The molecule has 0 amide bonds. The van der Waals surface area contributed by atoms with Gasteiger partial charge >= 0.3 is 0 Å². The van der Waals surface area contributed by atoms with Crippen molar-refractivity contribution in [2.75, 3.05) is 4.90 Å². The van der Waals surface area contributed by atoms with Gasteiger partial charge in [0, 0.05) is 38.9 Å². The molecule has 0 saturated carbocycles. The topological polar surface area (TPSA) is 21.3 Å². The first kappa shape index (κ1) is 39.9. The van der Waals surface area contributed by atoms with Gasteiger partial charge in [0.1, 0.15) is 11.2 Å². The second-order valence-corrected chi connectivity index (χ2v) is 18.4. The lowest BCUT2D eigenvalue weighted by molar-refractivity contribution is 0.673. The van der Waals surface area contributed by atoms with E-state index in [2.05, 4.69) is 270 Å². The van der Waals surface area contributed by atoms with Crippen LogP contribution in [0.5, 0.6) is 0 Å². The summed E-state index contributed by atoms with van der Waals surface area (Å²) in [7, 11) is 0. The number of aromatic nitrogens is 1. The number of benzene rings is 11. The summed E-state index contributed by atoms with van der Waals surface area (Å²) in [5.41, 5.74) is 20.3. The Morgan fingerprint density at radius 2 is 0.857 bits per heavy atom. The molecule has 328 valence electrons. The lowest BCUT2D eigenvalue weighted by Gasteiger charge is -2.35. The molecule has 11 aromatic carbocycles. The minimum atomic E-state index is -0.512. The number of para-hydroxylation sites is 2. The summed E-state index contributed by atoms with van der Waals surface area (Å²) in [6, 6.07) is 97.2. The number of hydrogen-bond donors (Lipinski definition) is 0. The van der Waals surface area contributed by atoms with Crippen molar-refractivity contribution < 1.29 is 4.42 Å². The van der Waals surface area contributed by atoms with E-state index in [1.165, 1.54) is 49.9 Å². The van der Waals surface area contributed by atoms with Crippen LogP contribution in [-0.2, 0) is 5.41 Å². The van der Waals surface area contributed by atoms with E-state index >= 15 is 0 Å². The Labute approximate surface area is 406 Å². The van der Waals surface area contributed by atoms with E-state index < -0.39 is 5.41 Å². The predicted octanol–water partition coefficient (Wildman–Crippen LogP) is 17.8. The molecule has 0 radical (unpaired) electrons. The molecule has 2 aromatic heterocycles. The van der Waals surface area contributed by atoms with Gasteiger partial charge in [-0.3, -0.25) is 0 Å². The van der Waals surface area contributed by atoms with Crippen LogP contribution in [-0.4, -0.2) is 4.57 Å². The molecule has 0 saturated heterocycles. The summed E-state index contributed by atoms with van der Waals surface area (Å²) in [4.78, 5) is 2.41. The summed E-state index contributed by atoms with van der Waals surface area (Å²) in [6.45, 7) is 0. The molecule has 1 aliphatic carbocycles. The Balaban J connectivity index is 0.879. The van der Waals surface area contributed by atoms with E-state index in [1.54, 1.807) is 0 Å². The maximum atomic E-state index is 6.57. The largest absolute Gasteiger partial charge is 0.455 e. The maximum Gasteiger partial charge on any atom is 0.145 e. The van der Waals surface area contributed by atoms with Crippen molar-refractivity contribution >= 4 is 60.8 Å². The number of hydrogen-bond acceptors (Lipinski definition) is 2. The maximum absolute atomic E-state index is 6.57. The first-order chi connectivity index (χ1) is 34.7. The van der Waals surface area contributed by atoms with Crippen molar-refractivity contribution in [2.45, 2.75) is 5.41 Å². The summed E-state index contributed by atoms with van der Waals surface area (Å²) >= 11 is 0. The van der Waals surface area contributed by atoms with Crippen LogP contribution in [0.15, 0.2) is 271 Å². The van der Waals surface area contributed by atoms with Crippen molar-refractivity contribution in [3.63, 3.8) is 0 Å². The van der Waals surface area contributed by atoms with Crippen LogP contribution in [0.3, 0.4) is 0 Å². The molecule has 0 atom stereocenters. The molecule has 3 heteroatoms. The summed E-state index contributed by atoms with van der Waals surface area (Å²) < 4.78 is 8.93. The van der Waals surface area contributed by atoms with Gasteiger partial charge in [0.05, 0.1) is 21.8 Å². The Morgan fingerprint density at radius 3 is 1.53 bits per heavy atom. The molecule has 0 N–H and O–H groups in total. The SMILES string of the molecule is c1ccc(-c2ccc(N(c3ccc(-c4ccc(-n5c6ccccc6c6c7oc8ccccc8c7ccc65)cc4)cc3)c3ccc4c(c3)C(c3ccccc3)(c3ccccc3)c3ccccc3-4)cc2)cc1. The average Bonchev–Trinajstić information content (AvgIpc) is 4.09. The van der Waals surface area contributed by atoms with E-state index in [9.17, 15) is 0 Å². The Morgan fingerprint density at radius 1 is 0.343 bits per heavy atom. The third-order valence-electron chi connectivity index (χ3n) is 14.7. The zero-order valence-electron chi connectivity index (χ0n) is 38.2. The van der Waals surface area contributed by atoms with Gasteiger partial charge in [-0.15, -0.1) is 0 Å². The van der Waals surface area contributed by atoms with Gasteiger partial charge in [-0.2, -0.15) is 0 Å². The van der Waals surface area contributed by atoms with Gasteiger partial charge < -0.3 is 13.9 Å². The molecular weight excluding hydrogens is 849 g/mol. The Bertz CT molecular complexity index is 4040. The normalized spacial score (nSPS) is 12.7. The van der Waals surface area contributed by atoms with Crippen molar-refractivity contribution in [3.05, 3.63) is 289 Å². The van der Waals surface area contributed by atoms with E-state index in [0.717, 1.165) is 72.2 Å². The molecule has 3 nitrogen and oxygen atoms in total. The van der Waals surface area contributed by atoms with Gasteiger partial charge in [0.2, 0.25) is 0 Å². The molecule has 2 heterocycles. The predicted molar refractivity (Wildman–Crippen MR) is 291 cm³/mol. The Hall–Kier alpha value is -9.18. The van der Waals surface area contributed by atoms with Crippen LogP contribution in [0, 0.1) is 0 Å². The number of nitrogens with zero attached hydrogens (tertiary/aromatic N) is 2. The fourth-order valence-electron chi connectivity index (χ4n) is 11.6. The standard InChI is InChI=1S/C67H44N2O/c1-4-16-45(17-5-1)46-28-34-51(35-29-46)68(54-40-41-56-55-22-10-13-25-60(55)67(61(56)44-54,49-18-6-2-7-19-49)50-20-8-3-9-21-50)52-36-30-47(31-37-52)48-32-38-53(39-33-48)69-62-26-14-11-24-59(62)65-63(69)43-42-58-57-23-12-15-27-64(57)70-66(58)65/h1-44H. The highest BCUT2D eigenvalue weighted by molar-refractivity contribution is 6.23. The number of furan rings is 1. The van der Waals surface area contributed by atoms with Gasteiger partial charge in [0.25, 0.3) is 0 Å². The highest BCUT2D eigenvalue weighted by atomic mass is 16.3. The third-order valence-corrected chi connectivity index (χ3v) is 14.7. The summed E-state index contributed by atoms with van der Waals surface area (Å²) in [5.74, 6) is 0. The van der Waals surface area contributed by atoms with Crippen molar-refractivity contribution in [1.82, 2.24) is 4.57 Å². The van der Waals surface area contributed by atoms with Gasteiger partial charge in [-0.25, -0.2) is 0 Å². The van der Waals surface area contributed by atoms with E-state index in [-0.39, 0.29) is 0 Å². The zero-order valence-corrected chi connectivity index (χ0v) is 38.2. The molecule has 0 aliphatic heterocycles. The van der Waals surface area contributed by atoms with Gasteiger partial charge in [0.15, 0.2) is 0 Å². The summed E-state index contributed by atoms with van der Waals surface area (Å²) in [6.07, 6.45) is 0. The number of fused-ring (bicyclic) bond motifs is 10. The van der Waals surface area contributed by atoms with Gasteiger partial charge in [-0.1, -0.05) is 194 Å². The molecule has 70 heavy (non-hydrogen) atoms. The Kier molecular flexibility index (Phi) is 9.11. The third kappa shape index (κ3) is 6.08. The van der Waals surface area contributed by atoms with E-state index in [0.29, 0.717) is 0 Å². The van der Waals surface area contributed by atoms with Gasteiger partial charge in [-0.05, 0) is 128 Å². The second kappa shape index (κ2) is 16.0. The van der Waals surface area contributed by atoms with Crippen LogP contribution in [0.2, 0.25) is 0 Å². The molecule has 0 spiro atoms. The molecule has 0 fully saturated rings. The van der Waals surface area contributed by atoms with Crippen LogP contribution in [0.1, 0.15) is 22.3 Å². The lowest BCUT2D eigenvalue weighted by atomic mass is 9.67. The van der Waals surface area contributed by atoms with Crippen LogP contribution in [0.25, 0.3) is 82.8 Å².